The summed E-state index contributed by atoms with van der Waals surface area (Å²) in [5.74, 6) is -0.516. The smallest absolute Gasteiger partial charge is 0.305 e. The van der Waals surface area contributed by atoms with E-state index in [-0.39, 0.29) is 18.4 Å². The molecule has 1 N–H and O–H groups in total. The fraction of sp³-hybridized carbons (Fsp3) is 0.300. The molecule has 1 heterocycles. The molecule has 0 aromatic heterocycles. The van der Waals surface area contributed by atoms with Crippen molar-refractivity contribution >= 4 is 23.5 Å². The third-order valence-electron chi connectivity index (χ3n) is 4.62. The number of carbonyl (C=O) groups excluding carboxylic acids is 1. The van der Waals surface area contributed by atoms with Crippen LogP contribution in [0.3, 0.4) is 0 Å². The average molecular weight is 374 g/mol. The van der Waals surface area contributed by atoms with Gasteiger partial charge >= 0.3 is 5.97 Å². The van der Waals surface area contributed by atoms with E-state index >= 15 is 0 Å². The summed E-state index contributed by atoms with van der Waals surface area (Å²) < 4.78 is 5.35. The predicted octanol–water partition coefficient (Wildman–Crippen LogP) is 4.09. The lowest BCUT2D eigenvalue weighted by Crippen LogP contribution is -2.36. The van der Waals surface area contributed by atoms with Gasteiger partial charge < -0.3 is 14.7 Å². The minimum absolute atomic E-state index is 0.0346. The number of nitrogens with zero attached hydrogens (tertiary/aromatic N) is 1. The first-order valence-electron chi connectivity index (χ1n) is 8.46. The Bertz CT molecular complexity index is 836. The van der Waals surface area contributed by atoms with Crippen molar-refractivity contribution in [2.75, 3.05) is 13.7 Å². The summed E-state index contributed by atoms with van der Waals surface area (Å²) in [6.07, 6.45) is 1.48. The van der Waals surface area contributed by atoms with Crippen LogP contribution in [-0.4, -0.2) is 41.6 Å². The van der Waals surface area contributed by atoms with Gasteiger partial charge in [0.25, 0.3) is 5.91 Å². The summed E-state index contributed by atoms with van der Waals surface area (Å²) in [4.78, 5) is 25.7. The Morgan fingerprint density at radius 2 is 2.04 bits per heavy atom. The van der Waals surface area contributed by atoms with Gasteiger partial charge in [-0.3, -0.25) is 9.59 Å². The molecule has 1 aliphatic rings. The van der Waals surface area contributed by atoms with Gasteiger partial charge in [0.15, 0.2) is 0 Å². The van der Waals surface area contributed by atoms with Crippen LogP contribution in [0.5, 0.6) is 5.75 Å². The maximum Gasteiger partial charge on any atom is 0.305 e. The third-order valence-corrected chi connectivity index (χ3v) is 4.95. The number of likely N-dealkylation sites (tertiary alicyclic amines) is 1. The van der Waals surface area contributed by atoms with Gasteiger partial charge in [-0.05, 0) is 42.7 Å². The highest BCUT2D eigenvalue weighted by molar-refractivity contribution is 6.33. The second-order valence-corrected chi connectivity index (χ2v) is 6.73. The molecule has 3 rings (SSSR count). The van der Waals surface area contributed by atoms with Crippen molar-refractivity contribution in [2.45, 2.75) is 25.3 Å². The highest BCUT2D eigenvalue weighted by Crippen LogP contribution is 2.32. The summed E-state index contributed by atoms with van der Waals surface area (Å²) in [6, 6.07) is 12.4. The number of methoxy groups -OCH3 is 1. The van der Waals surface area contributed by atoms with E-state index in [4.69, 9.17) is 21.4 Å². The van der Waals surface area contributed by atoms with E-state index < -0.39 is 5.97 Å². The van der Waals surface area contributed by atoms with E-state index in [9.17, 15) is 9.59 Å². The molecule has 1 saturated heterocycles. The number of carboxylic acids is 1. The van der Waals surface area contributed by atoms with Crippen LogP contribution in [0.4, 0.5) is 0 Å². The van der Waals surface area contributed by atoms with Crippen LogP contribution in [0, 0.1) is 0 Å². The minimum atomic E-state index is -0.892. The summed E-state index contributed by atoms with van der Waals surface area (Å²) in [5.41, 5.74) is 2.06. The maximum atomic E-state index is 13.0. The van der Waals surface area contributed by atoms with Crippen molar-refractivity contribution in [1.29, 1.82) is 0 Å². The zero-order valence-corrected chi connectivity index (χ0v) is 15.2. The van der Waals surface area contributed by atoms with Gasteiger partial charge in [-0.2, -0.15) is 0 Å². The van der Waals surface area contributed by atoms with Crippen LogP contribution < -0.4 is 4.74 Å². The van der Waals surface area contributed by atoms with Crippen molar-refractivity contribution < 1.29 is 19.4 Å². The molecule has 2 aromatic rings. The van der Waals surface area contributed by atoms with E-state index in [2.05, 4.69) is 0 Å². The summed E-state index contributed by atoms with van der Waals surface area (Å²) in [6.45, 7) is 0.565. The monoisotopic (exact) mass is 373 g/mol. The number of hydrogen-bond donors (Lipinski definition) is 1. The molecule has 26 heavy (non-hydrogen) atoms. The largest absolute Gasteiger partial charge is 0.497 e. The summed E-state index contributed by atoms with van der Waals surface area (Å²) >= 11 is 6.29. The van der Waals surface area contributed by atoms with Crippen molar-refractivity contribution in [3.05, 3.63) is 53.1 Å². The number of aliphatic carboxylic acids is 1. The second kappa shape index (κ2) is 7.79. The molecule has 1 aliphatic heterocycles. The number of amides is 1. The Kier molecular flexibility index (Phi) is 5.47. The van der Waals surface area contributed by atoms with E-state index in [1.54, 1.807) is 30.2 Å². The highest BCUT2D eigenvalue weighted by atomic mass is 35.5. The quantitative estimate of drug-likeness (QED) is 0.857. The molecule has 5 nitrogen and oxygen atoms in total. The van der Waals surface area contributed by atoms with Crippen molar-refractivity contribution in [3.8, 4) is 16.9 Å². The summed E-state index contributed by atoms with van der Waals surface area (Å²) in [5, 5.41) is 9.66. The van der Waals surface area contributed by atoms with Crippen molar-refractivity contribution in [1.82, 2.24) is 4.90 Å². The Morgan fingerprint density at radius 1 is 1.27 bits per heavy atom. The lowest BCUT2D eigenvalue weighted by Gasteiger charge is -2.24. The standard InChI is InChI=1S/C20H20ClNO4/c1-26-16-10-13(17-6-2-3-7-18(17)21)9-14(11-16)20(25)22-8-4-5-15(22)12-19(23)24/h2-3,6-7,9-11,15H,4-5,8,12H2,1H3,(H,23,24). The minimum Gasteiger partial charge on any atom is -0.497 e. The lowest BCUT2D eigenvalue weighted by molar-refractivity contribution is -0.137. The molecule has 0 saturated carbocycles. The Morgan fingerprint density at radius 3 is 2.73 bits per heavy atom. The second-order valence-electron chi connectivity index (χ2n) is 6.32. The number of benzene rings is 2. The molecular weight excluding hydrogens is 354 g/mol. The molecule has 1 fully saturated rings. The topological polar surface area (TPSA) is 66.8 Å². The number of hydrogen-bond acceptors (Lipinski definition) is 3. The van der Waals surface area contributed by atoms with E-state index in [1.807, 2.05) is 24.3 Å². The normalized spacial score (nSPS) is 16.5. The van der Waals surface area contributed by atoms with Crippen LogP contribution in [0.25, 0.3) is 11.1 Å². The molecule has 0 spiro atoms. The number of carboxylic acid groups (broad SMARTS) is 1. The zero-order chi connectivity index (χ0) is 18.7. The van der Waals surface area contributed by atoms with Gasteiger partial charge in [-0.1, -0.05) is 29.8 Å². The molecule has 0 bridgehead atoms. The molecule has 0 radical (unpaired) electrons. The van der Waals surface area contributed by atoms with Crippen LogP contribution in [0.1, 0.15) is 29.6 Å². The van der Waals surface area contributed by atoms with E-state index in [1.165, 1.54) is 0 Å². The number of carbonyl (C=O) groups is 2. The maximum absolute atomic E-state index is 13.0. The van der Waals surface area contributed by atoms with Gasteiger partial charge in [0.05, 0.1) is 13.5 Å². The molecule has 1 unspecified atom stereocenters. The fourth-order valence-corrected chi connectivity index (χ4v) is 3.62. The van der Waals surface area contributed by atoms with Crippen LogP contribution in [-0.2, 0) is 4.79 Å². The first-order valence-corrected chi connectivity index (χ1v) is 8.84. The molecule has 2 aromatic carbocycles. The van der Waals surface area contributed by atoms with Gasteiger partial charge in [0.2, 0.25) is 0 Å². The van der Waals surface area contributed by atoms with Gasteiger partial charge in [-0.15, -0.1) is 0 Å². The molecule has 1 amide bonds. The molecule has 1 atom stereocenters. The Hall–Kier alpha value is -2.53. The Labute approximate surface area is 157 Å². The number of halogens is 1. The Balaban J connectivity index is 1.97. The van der Waals surface area contributed by atoms with Crippen LogP contribution in [0.15, 0.2) is 42.5 Å². The first kappa shape index (κ1) is 18.3. The number of rotatable bonds is 5. The molecular formula is C20H20ClNO4. The molecule has 136 valence electrons. The molecule has 6 heteroatoms. The van der Waals surface area contributed by atoms with Crippen molar-refractivity contribution in [2.24, 2.45) is 0 Å². The molecule has 0 aliphatic carbocycles. The van der Waals surface area contributed by atoms with Gasteiger partial charge in [0.1, 0.15) is 5.75 Å². The third kappa shape index (κ3) is 3.83. The van der Waals surface area contributed by atoms with Gasteiger partial charge in [0, 0.05) is 28.7 Å². The van der Waals surface area contributed by atoms with Crippen LogP contribution in [0.2, 0.25) is 5.02 Å². The summed E-state index contributed by atoms with van der Waals surface area (Å²) in [7, 11) is 1.54. The van der Waals surface area contributed by atoms with Gasteiger partial charge in [-0.25, -0.2) is 0 Å². The zero-order valence-electron chi connectivity index (χ0n) is 14.4. The highest BCUT2D eigenvalue weighted by Gasteiger charge is 2.31. The van der Waals surface area contributed by atoms with Crippen LogP contribution >= 0.6 is 11.6 Å². The first-order chi connectivity index (χ1) is 12.5. The van der Waals surface area contributed by atoms with E-state index in [0.717, 1.165) is 17.5 Å². The SMILES string of the molecule is COc1cc(C(=O)N2CCCC2CC(=O)O)cc(-c2ccccc2Cl)c1. The van der Waals surface area contributed by atoms with Crippen molar-refractivity contribution in [3.63, 3.8) is 0 Å². The fourth-order valence-electron chi connectivity index (χ4n) is 3.37. The number of ether oxygens (including phenoxy) is 1. The average Bonchev–Trinajstić information content (AvgIpc) is 3.08. The lowest BCUT2D eigenvalue weighted by atomic mass is 10.0. The van der Waals surface area contributed by atoms with E-state index in [0.29, 0.717) is 29.3 Å². The predicted molar refractivity (Wildman–Crippen MR) is 99.8 cm³/mol.